The van der Waals surface area contributed by atoms with E-state index in [0.717, 1.165) is 18.0 Å². The van der Waals surface area contributed by atoms with Gasteiger partial charge >= 0.3 is 0 Å². The first-order valence-corrected chi connectivity index (χ1v) is 5.67. The van der Waals surface area contributed by atoms with Gasteiger partial charge in [-0.05, 0) is 6.07 Å². The van der Waals surface area contributed by atoms with Crippen LogP contribution in [0.1, 0.15) is 19.4 Å². The smallest absolute Gasteiger partial charge is 0.218 e. The summed E-state index contributed by atoms with van der Waals surface area (Å²) in [7, 11) is 0. The minimum atomic E-state index is 0.174. The molecule has 0 amide bonds. The summed E-state index contributed by atoms with van der Waals surface area (Å²) in [5, 5.41) is 3.36. The lowest BCUT2D eigenvalue weighted by Gasteiger charge is -2.27. The molecule has 0 aliphatic carbocycles. The number of aromatic nitrogens is 1. The van der Waals surface area contributed by atoms with E-state index in [4.69, 9.17) is 9.47 Å². The van der Waals surface area contributed by atoms with E-state index >= 15 is 0 Å². The van der Waals surface area contributed by atoms with Gasteiger partial charge in [0.15, 0.2) is 0 Å². The normalized spacial score (nSPS) is 16.2. The number of rotatable bonds is 5. The van der Waals surface area contributed by atoms with Crippen molar-refractivity contribution in [2.75, 3.05) is 13.2 Å². The van der Waals surface area contributed by atoms with Crippen LogP contribution in [0.15, 0.2) is 18.3 Å². The lowest BCUT2D eigenvalue weighted by atomic mass is 10.2. The van der Waals surface area contributed by atoms with Crippen LogP contribution in [0.2, 0.25) is 0 Å². The van der Waals surface area contributed by atoms with Crippen molar-refractivity contribution in [3.05, 3.63) is 23.9 Å². The van der Waals surface area contributed by atoms with Crippen molar-refractivity contribution >= 4 is 0 Å². The Balaban J connectivity index is 1.98. The molecule has 1 aliphatic heterocycles. The van der Waals surface area contributed by atoms with Gasteiger partial charge in [-0.15, -0.1) is 0 Å². The van der Waals surface area contributed by atoms with E-state index in [1.165, 1.54) is 0 Å². The molecule has 0 aromatic carbocycles. The summed E-state index contributed by atoms with van der Waals surface area (Å²) in [6.07, 6.45) is 1.93. The molecule has 2 heterocycles. The van der Waals surface area contributed by atoms with Crippen LogP contribution in [0.5, 0.6) is 5.88 Å². The molecule has 1 aromatic rings. The Labute approximate surface area is 96.0 Å². The fourth-order valence-corrected chi connectivity index (χ4v) is 1.42. The summed E-state index contributed by atoms with van der Waals surface area (Å²) in [6.45, 7) is 6.38. The molecule has 0 unspecified atom stereocenters. The van der Waals surface area contributed by atoms with Gasteiger partial charge in [-0.1, -0.05) is 19.9 Å². The molecule has 0 spiro atoms. The fraction of sp³-hybridized carbons (Fsp3) is 0.583. The largest absolute Gasteiger partial charge is 0.469 e. The molecule has 1 aromatic heterocycles. The maximum Gasteiger partial charge on any atom is 0.218 e. The molecule has 1 N–H and O–H groups in total. The van der Waals surface area contributed by atoms with Crippen LogP contribution in [0.25, 0.3) is 0 Å². The van der Waals surface area contributed by atoms with Crippen LogP contribution >= 0.6 is 0 Å². The zero-order valence-corrected chi connectivity index (χ0v) is 9.77. The van der Waals surface area contributed by atoms with E-state index in [9.17, 15) is 0 Å². The first kappa shape index (κ1) is 11.4. The third kappa shape index (κ3) is 2.93. The van der Waals surface area contributed by atoms with Crippen molar-refractivity contribution in [1.82, 2.24) is 10.3 Å². The van der Waals surface area contributed by atoms with Crippen molar-refractivity contribution in [2.45, 2.75) is 32.5 Å². The Morgan fingerprint density at radius 3 is 3.00 bits per heavy atom. The Kier molecular flexibility index (Phi) is 3.74. The van der Waals surface area contributed by atoms with Gasteiger partial charge in [-0.2, -0.15) is 0 Å². The molecule has 4 nitrogen and oxygen atoms in total. The van der Waals surface area contributed by atoms with Crippen molar-refractivity contribution in [3.63, 3.8) is 0 Å². The quantitative estimate of drug-likeness (QED) is 0.817. The second-order valence-electron chi connectivity index (χ2n) is 4.28. The molecule has 0 radical (unpaired) electrons. The van der Waals surface area contributed by atoms with Gasteiger partial charge in [-0.3, -0.25) is 0 Å². The van der Waals surface area contributed by atoms with Gasteiger partial charge < -0.3 is 14.8 Å². The minimum absolute atomic E-state index is 0.174. The molecule has 88 valence electrons. The van der Waals surface area contributed by atoms with Crippen LogP contribution in [-0.4, -0.2) is 30.3 Å². The number of nitrogens with one attached hydrogen (secondary N) is 1. The SMILES string of the molecule is CC(C)NCc1cccnc1OC1COC1. The van der Waals surface area contributed by atoms with Gasteiger partial charge in [-0.25, -0.2) is 4.98 Å². The fourth-order valence-electron chi connectivity index (χ4n) is 1.42. The summed E-state index contributed by atoms with van der Waals surface area (Å²) in [6, 6.07) is 4.43. The van der Waals surface area contributed by atoms with Crippen LogP contribution in [0, 0.1) is 0 Å². The van der Waals surface area contributed by atoms with Gasteiger partial charge in [0.25, 0.3) is 0 Å². The van der Waals surface area contributed by atoms with E-state index < -0.39 is 0 Å². The van der Waals surface area contributed by atoms with E-state index in [2.05, 4.69) is 24.1 Å². The highest BCUT2D eigenvalue weighted by Crippen LogP contribution is 2.18. The minimum Gasteiger partial charge on any atom is -0.469 e. The van der Waals surface area contributed by atoms with Gasteiger partial charge in [0.1, 0.15) is 6.10 Å². The maximum absolute atomic E-state index is 5.74. The molecule has 0 saturated carbocycles. The van der Waals surface area contributed by atoms with Crippen LogP contribution in [-0.2, 0) is 11.3 Å². The molecular weight excluding hydrogens is 204 g/mol. The molecular formula is C12H18N2O2. The molecule has 0 bridgehead atoms. The summed E-state index contributed by atoms with van der Waals surface area (Å²) >= 11 is 0. The summed E-state index contributed by atoms with van der Waals surface area (Å²) < 4.78 is 10.8. The van der Waals surface area contributed by atoms with E-state index in [1.807, 2.05) is 12.1 Å². The molecule has 16 heavy (non-hydrogen) atoms. The average Bonchev–Trinajstić information content (AvgIpc) is 2.22. The first-order chi connectivity index (χ1) is 7.75. The Morgan fingerprint density at radius 1 is 1.56 bits per heavy atom. The lowest BCUT2D eigenvalue weighted by molar-refractivity contribution is -0.0817. The predicted molar refractivity (Wildman–Crippen MR) is 61.4 cm³/mol. The molecule has 2 rings (SSSR count). The van der Waals surface area contributed by atoms with Crippen LogP contribution < -0.4 is 10.1 Å². The van der Waals surface area contributed by atoms with Crippen molar-refractivity contribution in [1.29, 1.82) is 0 Å². The van der Waals surface area contributed by atoms with Crippen LogP contribution in [0.3, 0.4) is 0 Å². The van der Waals surface area contributed by atoms with Gasteiger partial charge in [0.05, 0.1) is 13.2 Å². The van der Waals surface area contributed by atoms with Gasteiger partial charge in [0, 0.05) is 24.3 Å². The molecule has 4 heteroatoms. The lowest BCUT2D eigenvalue weighted by Crippen LogP contribution is -2.39. The summed E-state index contributed by atoms with van der Waals surface area (Å²) in [5.74, 6) is 0.726. The number of hydrogen-bond acceptors (Lipinski definition) is 4. The number of pyridine rings is 1. The van der Waals surface area contributed by atoms with E-state index in [0.29, 0.717) is 19.3 Å². The Hall–Kier alpha value is -1.13. The molecule has 0 atom stereocenters. The molecule has 1 fully saturated rings. The van der Waals surface area contributed by atoms with Crippen LogP contribution in [0.4, 0.5) is 0 Å². The zero-order chi connectivity index (χ0) is 11.4. The monoisotopic (exact) mass is 222 g/mol. The number of ether oxygens (including phenoxy) is 2. The third-order valence-electron chi connectivity index (χ3n) is 2.44. The Bertz CT molecular complexity index is 338. The molecule has 1 saturated heterocycles. The van der Waals surface area contributed by atoms with Crippen molar-refractivity contribution < 1.29 is 9.47 Å². The van der Waals surface area contributed by atoms with Crippen molar-refractivity contribution in [3.8, 4) is 5.88 Å². The first-order valence-electron chi connectivity index (χ1n) is 5.67. The number of nitrogens with zero attached hydrogens (tertiary/aromatic N) is 1. The van der Waals surface area contributed by atoms with E-state index in [1.54, 1.807) is 6.20 Å². The standard InChI is InChI=1S/C12H18N2O2/c1-9(2)14-6-10-4-3-5-13-12(10)16-11-7-15-8-11/h3-5,9,11,14H,6-8H2,1-2H3. The Morgan fingerprint density at radius 2 is 2.38 bits per heavy atom. The molecule has 1 aliphatic rings. The van der Waals surface area contributed by atoms with Crippen molar-refractivity contribution in [2.24, 2.45) is 0 Å². The number of hydrogen-bond donors (Lipinski definition) is 1. The predicted octanol–water partition coefficient (Wildman–Crippen LogP) is 1.36. The highest BCUT2D eigenvalue weighted by atomic mass is 16.6. The second-order valence-corrected chi connectivity index (χ2v) is 4.28. The van der Waals surface area contributed by atoms with Gasteiger partial charge in [0.2, 0.25) is 5.88 Å². The van der Waals surface area contributed by atoms with E-state index in [-0.39, 0.29) is 6.10 Å². The highest BCUT2D eigenvalue weighted by Gasteiger charge is 2.21. The summed E-state index contributed by atoms with van der Waals surface area (Å²) in [4.78, 5) is 4.26. The highest BCUT2D eigenvalue weighted by molar-refractivity contribution is 5.25. The zero-order valence-electron chi connectivity index (χ0n) is 9.77. The second kappa shape index (κ2) is 5.27. The average molecular weight is 222 g/mol. The summed E-state index contributed by atoms with van der Waals surface area (Å²) in [5.41, 5.74) is 1.10. The maximum atomic E-state index is 5.74. The topological polar surface area (TPSA) is 43.4 Å². The third-order valence-corrected chi connectivity index (χ3v) is 2.44.